The van der Waals surface area contributed by atoms with Gasteiger partial charge in [0.2, 0.25) is 0 Å². The van der Waals surface area contributed by atoms with E-state index in [0.29, 0.717) is 5.82 Å². The molecule has 2 aliphatic rings. The largest absolute Gasteiger partial charge is 0.351 e. The van der Waals surface area contributed by atoms with E-state index >= 15 is 0 Å². The zero-order chi connectivity index (χ0) is 20.2. The van der Waals surface area contributed by atoms with Crippen LogP contribution in [0.4, 0.5) is 5.82 Å². The van der Waals surface area contributed by atoms with Crippen LogP contribution >= 0.6 is 0 Å². The van der Waals surface area contributed by atoms with Gasteiger partial charge in [-0.3, -0.25) is 4.57 Å². The smallest absolute Gasteiger partial charge is 0.347 e. The number of fused-ring (bicyclic) bond motifs is 2. The molecular weight excluding hydrogens is 372 g/mol. The van der Waals surface area contributed by atoms with E-state index in [1.807, 2.05) is 13.0 Å². The average Bonchev–Trinajstić information content (AvgIpc) is 3.44. The number of hydrogen-bond acceptors (Lipinski definition) is 8. The van der Waals surface area contributed by atoms with E-state index in [1.54, 1.807) is 23.3 Å². The fourth-order valence-electron chi connectivity index (χ4n) is 4.69. The summed E-state index contributed by atoms with van der Waals surface area (Å²) >= 11 is 0. The summed E-state index contributed by atoms with van der Waals surface area (Å²) < 4.78 is 9.61. The van der Waals surface area contributed by atoms with Crippen molar-refractivity contribution in [2.24, 2.45) is 5.92 Å². The van der Waals surface area contributed by atoms with E-state index in [0.717, 1.165) is 24.3 Å². The predicted molar refractivity (Wildman–Crippen MR) is 104 cm³/mol. The summed E-state index contributed by atoms with van der Waals surface area (Å²) in [5.41, 5.74) is 0.103. The van der Waals surface area contributed by atoms with Gasteiger partial charge in [0, 0.05) is 30.4 Å². The van der Waals surface area contributed by atoms with Gasteiger partial charge in [-0.2, -0.15) is 10.1 Å². The Morgan fingerprint density at radius 3 is 2.83 bits per heavy atom. The number of ether oxygens (including phenoxy) is 1. The van der Waals surface area contributed by atoms with Crippen LogP contribution in [-0.4, -0.2) is 52.5 Å². The topological polar surface area (TPSA) is 104 Å². The van der Waals surface area contributed by atoms with Crippen LogP contribution in [0.15, 0.2) is 42.2 Å². The Kier molecular flexibility index (Phi) is 3.98. The van der Waals surface area contributed by atoms with E-state index in [4.69, 9.17) is 4.74 Å². The first-order valence-corrected chi connectivity index (χ1v) is 9.69. The summed E-state index contributed by atoms with van der Waals surface area (Å²) in [6.45, 7) is 6.94. The summed E-state index contributed by atoms with van der Waals surface area (Å²) in [5.74, 6) is 1.55. The molecule has 0 spiro atoms. The highest BCUT2D eigenvalue weighted by Crippen LogP contribution is 2.52. The number of rotatable bonds is 4. The Hall–Kier alpha value is -3.14. The Morgan fingerprint density at radius 2 is 2.17 bits per heavy atom. The summed E-state index contributed by atoms with van der Waals surface area (Å²) in [6.07, 6.45) is 8.42. The van der Waals surface area contributed by atoms with Crippen molar-refractivity contribution in [3.8, 4) is 5.82 Å². The molecule has 0 radical (unpaired) electrons. The van der Waals surface area contributed by atoms with Gasteiger partial charge in [-0.1, -0.05) is 13.8 Å². The highest BCUT2D eigenvalue weighted by Gasteiger charge is 2.61. The molecule has 2 aliphatic heterocycles. The SMILES string of the molecule is CC[C@@]12CN(c3ccncn3)[C@@H]([C@H](n3cc(C)c(-n4cncn4)nc3=O)O1)[C@@H]2C. The van der Waals surface area contributed by atoms with Crippen LogP contribution < -0.4 is 10.6 Å². The molecule has 0 unspecified atom stereocenters. The number of aryl methyl sites for hydroxylation is 1. The van der Waals surface area contributed by atoms with E-state index in [2.05, 4.69) is 43.8 Å². The van der Waals surface area contributed by atoms with Gasteiger partial charge in [0.15, 0.2) is 12.0 Å². The molecule has 150 valence electrons. The average molecular weight is 394 g/mol. The molecule has 0 saturated carbocycles. The fraction of sp³-hybridized carbons (Fsp3) is 0.474. The zero-order valence-electron chi connectivity index (χ0n) is 16.5. The highest BCUT2D eigenvalue weighted by atomic mass is 16.5. The Morgan fingerprint density at radius 1 is 1.31 bits per heavy atom. The van der Waals surface area contributed by atoms with Crippen molar-refractivity contribution < 1.29 is 4.74 Å². The van der Waals surface area contributed by atoms with Crippen molar-refractivity contribution in [1.82, 2.24) is 34.3 Å². The van der Waals surface area contributed by atoms with Crippen LogP contribution in [0.3, 0.4) is 0 Å². The number of morpholine rings is 1. The van der Waals surface area contributed by atoms with Crippen molar-refractivity contribution in [3.63, 3.8) is 0 Å². The minimum Gasteiger partial charge on any atom is -0.347 e. The maximum Gasteiger partial charge on any atom is 0.351 e. The van der Waals surface area contributed by atoms with Crippen molar-refractivity contribution in [1.29, 1.82) is 0 Å². The predicted octanol–water partition coefficient (Wildman–Crippen LogP) is 1.12. The van der Waals surface area contributed by atoms with E-state index in [1.165, 1.54) is 17.3 Å². The lowest BCUT2D eigenvalue weighted by Crippen LogP contribution is -2.48. The second-order valence-electron chi connectivity index (χ2n) is 7.68. The van der Waals surface area contributed by atoms with Gasteiger partial charge >= 0.3 is 5.69 Å². The molecule has 3 aromatic heterocycles. The molecular formula is C19H22N8O2. The Balaban J connectivity index is 1.58. The molecule has 10 heteroatoms. The molecule has 10 nitrogen and oxygen atoms in total. The second-order valence-corrected chi connectivity index (χ2v) is 7.68. The summed E-state index contributed by atoms with van der Waals surface area (Å²) in [5, 5.41) is 4.08. The fourth-order valence-corrected chi connectivity index (χ4v) is 4.69. The highest BCUT2D eigenvalue weighted by molar-refractivity contribution is 5.44. The maximum atomic E-state index is 13.0. The van der Waals surface area contributed by atoms with Crippen LogP contribution in [0.5, 0.6) is 0 Å². The monoisotopic (exact) mass is 394 g/mol. The van der Waals surface area contributed by atoms with Gasteiger partial charge in [0.1, 0.15) is 24.8 Å². The standard InChI is InChI=1S/C19H22N8O2/c1-4-19-8-26(14-5-6-20-9-22-14)15(13(19)3)17(29-19)25-7-12(2)16(24-18(25)28)27-11-21-10-23-27/h5-7,9-11,13,15,17H,4,8H2,1-3H3/t13-,15+,17+,19-/m0/s1. The first-order valence-electron chi connectivity index (χ1n) is 9.69. The minimum absolute atomic E-state index is 0.0269. The van der Waals surface area contributed by atoms with Crippen LogP contribution in [0.2, 0.25) is 0 Å². The lowest BCUT2D eigenvalue weighted by molar-refractivity contribution is -0.0951. The zero-order valence-corrected chi connectivity index (χ0v) is 16.5. The van der Waals surface area contributed by atoms with E-state index < -0.39 is 6.23 Å². The van der Waals surface area contributed by atoms with Gasteiger partial charge < -0.3 is 9.64 Å². The molecule has 2 saturated heterocycles. The third-order valence-electron chi connectivity index (χ3n) is 6.26. The molecule has 3 aromatic rings. The van der Waals surface area contributed by atoms with Crippen LogP contribution in [0.25, 0.3) is 5.82 Å². The van der Waals surface area contributed by atoms with Crippen LogP contribution in [-0.2, 0) is 4.74 Å². The quantitative estimate of drug-likeness (QED) is 0.649. The van der Waals surface area contributed by atoms with Gasteiger partial charge in [-0.05, 0) is 19.4 Å². The third-order valence-corrected chi connectivity index (χ3v) is 6.26. The van der Waals surface area contributed by atoms with E-state index in [-0.39, 0.29) is 23.3 Å². The molecule has 5 heterocycles. The molecule has 0 N–H and O–H groups in total. The molecule has 2 fully saturated rings. The van der Waals surface area contributed by atoms with E-state index in [9.17, 15) is 4.79 Å². The van der Waals surface area contributed by atoms with Gasteiger partial charge in [-0.25, -0.2) is 24.4 Å². The minimum atomic E-state index is -0.447. The Labute approximate surface area is 167 Å². The Bertz CT molecular complexity index is 1080. The first-order chi connectivity index (χ1) is 14.0. The summed E-state index contributed by atoms with van der Waals surface area (Å²) in [7, 11) is 0. The molecule has 2 bridgehead atoms. The lowest BCUT2D eigenvalue weighted by atomic mass is 9.88. The van der Waals surface area contributed by atoms with Gasteiger partial charge in [0.25, 0.3) is 0 Å². The van der Waals surface area contributed by atoms with Gasteiger partial charge in [0.05, 0.1) is 11.6 Å². The normalized spacial score (nSPS) is 28.2. The van der Waals surface area contributed by atoms with Crippen molar-refractivity contribution >= 4 is 5.82 Å². The number of hydrogen-bond donors (Lipinski definition) is 0. The number of nitrogens with zero attached hydrogens (tertiary/aromatic N) is 8. The van der Waals surface area contributed by atoms with Crippen molar-refractivity contribution in [2.75, 3.05) is 11.4 Å². The molecule has 4 atom stereocenters. The third kappa shape index (κ3) is 2.59. The second kappa shape index (κ2) is 6.45. The molecule has 0 aromatic carbocycles. The molecule has 0 amide bonds. The number of anilines is 1. The molecule has 29 heavy (non-hydrogen) atoms. The van der Waals surface area contributed by atoms with Crippen molar-refractivity contribution in [3.05, 3.63) is 53.5 Å². The lowest BCUT2D eigenvalue weighted by Gasteiger charge is -2.38. The van der Waals surface area contributed by atoms with Crippen molar-refractivity contribution in [2.45, 2.75) is 45.1 Å². The van der Waals surface area contributed by atoms with Gasteiger partial charge in [-0.15, -0.1) is 0 Å². The molecule has 5 rings (SSSR count). The van der Waals surface area contributed by atoms with Crippen LogP contribution in [0, 0.1) is 12.8 Å². The first kappa shape index (κ1) is 17.9. The summed E-state index contributed by atoms with van der Waals surface area (Å²) in [6, 6.07) is 1.87. The molecule has 0 aliphatic carbocycles. The summed E-state index contributed by atoms with van der Waals surface area (Å²) in [4.78, 5) is 31.8. The van der Waals surface area contributed by atoms with Crippen LogP contribution in [0.1, 0.15) is 32.1 Å². The number of aromatic nitrogens is 7. The maximum absolute atomic E-state index is 13.0.